The van der Waals surface area contributed by atoms with Crippen molar-refractivity contribution < 1.29 is 18.3 Å². The third-order valence-electron chi connectivity index (χ3n) is 2.57. The average molecular weight is 241 g/mol. The highest BCUT2D eigenvalue weighted by atomic mass is 19.4. The molecule has 0 amide bonds. The highest BCUT2D eigenvalue weighted by Crippen LogP contribution is 2.18. The van der Waals surface area contributed by atoms with Crippen LogP contribution in [-0.4, -0.2) is 41.4 Å². The second kappa shape index (κ2) is 7.12. The standard InChI is InChI=1S/C11H22F3NO/c1-4-10(16)6-5-7-15(9(2)3)8-11(12,13)14/h9-10,16H,4-8H2,1-3H3. The van der Waals surface area contributed by atoms with E-state index in [1.54, 1.807) is 13.8 Å². The SMILES string of the molecule is CCC(O)CCCN(CC(F)(F)F)C(C)C. The fourth-order valence-electron chi connectivity index (χ4n) is 1.48. The molecule has 98 valence electrons. The van der Waals surface area contributed by atoms with Crippen molar-refractivity contribution in [3.63, 3.8) is 0 Å². The van der Waals surface area contributed by atoms with Gasteiger partial charge in [0.2, 0.25) is 0 Å². The molecule has 0 aliphatic heterocycles. The van der Waals surface area contributed by atoms with Crippen molar-refractivity contribution in [3.8, 4) is 0 Å². The Morgan fingerprint density at radius 2 is 1.81 bits per heavy atom. The van der Waals surface area contributed by atoms with Crippen LogP contribution in [0.5, 0.6) is 0 Å². The summed E-state index contributed by atoms with van der Waals surface area (Å²) in [4.78, 5) is 1.39. The summed E-state index contributed by atoms with van der Waals surface area (Å²) >= 11 is 0. The highest BCUT2D eigenvalue weighted by molar-refractivity contribution is 4.68. The Morgan fingerprint density at radius 3 is 2.19 bits per heavy atom. The summed E-state index contributed by atoms with van der Waals surface area (Å²) in [6.45, 7) is 4.88. The fraction of sp³-hybridized carbons (Fsp3) is 1.00. The molecule has 0 aromatic heterocycles. The molecule has 0 bridgehead atoms. The lowest BCUT2D eigenvalue weighted by molar-refractivity contribution is -0.149. The Hall–Kier alpha value is -0.290. The van der Waals surface area contributed by atoms with Crippen molar-refractivity contribution in [2.45, 2.75) is 58.4 Å². The van der Waals surface area contributed by atoms with Gasteiger partial charge in [-0.1, -0.05) is 6.92 Å². The first-order chi connectivity index (χ1) is 7.26. The molecule has 0 saturated heterocycles. The molecule has 2 nitrogen and oxygen atoms in total. The monoisotopic (exact) mass is 241 g/mol. The molecule has 1 N–H and O–H groups in total. The summed E-state index contributed by atoms with van der Waals surface area (Å²) in [5.74, 6) is 0. The summed E-state index contributed by atoms with van der Waals surface area (Å²) in [6, 6.07) is -0.125. The summed E-state index contributed by atoms with van der Waals surface area (Å²) in [5.41, 5.74) is 0. The van der Waals surface area contributed by atoms with Gasteiger partial charge < -0.3 is 5.11 Å². The van der Waals surface area contributed by atoms with Crippen LogP contribution in [0.1, 0.15) is 40.0 Å². The number of alkyl halides is 3. The Labute approximate surface area is 95.4 Å². The molecule has 0 saturated carbocycles. The van der Waals surface area contributed by atoms with Gasteiger partial charge in [-0.15, -0.1) is 0 Å². The third kappa shape index (κ3) is 7.93. The Morgan fingerprint density at radius 1 is 1.25 bits per heavy atom. The molecule has 0 aromatic carbocycles. The Bertz CT molecular complexity index is 183. The molecule has 0 spiro atoms. The van der Waals surface area contributed by atoms with Crippen LogP contribution in [0.3, 0.4) is 0 Å². The summed E-state index contributed by atoms with van der Waals surface area (Å²) in [7, 11) is 0. The first-order valence-electron chi connectivity index (χ1n) is 5.75. The lowest BCUT2D eigenvalue weighted by atomic mass is 10.1. The Kier molecular flexibility index (Phi) is 6.99. The molecule has 0 aliphatic carbocycles. The highest BCUT2D eigenvalue weighted by Gasteiger charge is 2.31. The van der Waals surface area contributed by atoms with Crippen LogP contribution < -0.4 is 0 Å². The van der Waals surface area contributed by atoms with E-state index in [1.807, 2.05) is 6.92 Å². The maximum absolute atomic E-state index is 12.2. The van der Waals surface area contributed by atoms with Gasteiger partial charge in [0.05, 0.1) is 12.6 Å². The van der Waals surface area contributed by atoms with Crippen molar-refractivity contribution >= 4 is 0 Å². The maximum Gasteiger partial charge on any atom is 0.401 e. The molecule has 0 radical (unpaired) electrons. The lowest BCUT2D eigenvalue weighted by Crippen LogP contribution is -2.39. The molecule has 0 rings (SSSR count). The summed E-state index contributed by atoms with van der Waals surface area (Å²) in [5, 5.41) is 9.30. The smallest absolute Gasteiger partial charge is 0.393 e. The van der Waals surface area contributed by atoms with Gasteiger partial charge in [0.1, 0.15) is 0 Å². The van der Waals surface area contributed by atoms with E-state index in [-0.39, 0.29) is 12.1 Å². The van der Waals surface area contributed by atoms with Gasteiger partial charge in [-0.25, -0.2) is 0 Å². The number of aliphatic hydroxyl groups excluding tert-OH is 1. The third-order valence-corrected chi connectivity index (χ3v) is 2.57. The number of aliphatic hydroxyl groups is 1. The van der Waals surface area contributed by atoms with Gasteiger partial charge in [0.15, 0.2) is 0 Å². The van der Waals surface area contributed by atoms with Gasteiger partial charge in [-0.05, 0) is 39.7 Å². The second-order valence-electron chi connectivity index (χ2n) is 4.38. The van der Waals surface area contributed by atoms with E-state index in [1.165, 1.54) is 4.90 Å². The van der Waals surface area contributed by atoms with Gasteiger partial charge in [-0.2, -0.15) is 13.2 Å². The van der Waals surface area contributed by atoms with Gasteiger partial charge in [-0.3, -0.25) is 4.90 Å². The summed E-state index contributed by atoms with van der Waals surface area (Å²) < 4.78 is 36.7. The molecule has 16 heavy (non-hydrogen) atoms. The minimum Gasteiger partial charge on any atom is -0.393 e. The predicted octanol–water partition coefficient (Wildman–Crippen LogP) is 2.81. The predicted molar refractivity (Wildman–Crippen MR) is 58.3 cm³/mol. The van der Waals surface area contributed by atoms with E-state index < -0.39 is 12.7 Å². The topological polar surface area (TPSA) is 23.5 Å². The van der Waals surface area contributed by atoms with Crippen LogP contribution >= 0.6 is 0 Å². The van der Waals surface area contributed by atoms with E-state index in [4.69, 9.17) is 0 Å². The maximum atomic E-state index is 12.2. The molecule has 5 heteroatoms. The minimum atomic E-state index is -4.15. The molecular weight excluding hydrogens is 219 g/mol. The number of nitrogens with zero attached hydrogens (tertiary/aromatic N) is 1. The zero-order chi connectivity index (χ0) is 12.8. The van der Waals surface area contributed by atoms with Crippen LogP contribution in [0, 0.1) is 0 Å². The van der Waals surface area contributed by atoms with E-state index >= 15 is 0 Å². The first-order valence-corrected chi connectivity index (χ1v) is 5.75. The van der Waals surface area contributed by atoms with Gasteiger partial charge in [0, 0.05) is 6.04 Å². The average Bonchev–Trinajstić information content (AvgIpc) is 2.13. The van der Waals surface area contributed by atoms with Crippen molar-refractivity contribution in [2.75, 3.05) is 13.1 Å². The molecule has 0 fully saturated rings. The normalized spacial score (nSPS) is 14.8. The first kappa shape index (κ1) is 15.7. The zero-order valence-electron chi connectivity index (χ0n) is 10.2. The van der Waals surface area contributed by atoms with E-state index in [0.717, 1.165) is 0 Å². The molecule has 0 aromatic rings. The van der Waals surface area contributed by atoms with Crippen molar-refractivity contribution in [3.05, 3.63) is 0 Å². The quantitative estimate of drug-likeness (QED) is 0.741. The van der Waals surface area contributed by atoms with Crippen LogP contribution in [0.4, 0.5) is 13.2 Å². The van der Waals surface area contributed by atoms with Crippen molar-refractivity contribution in [1.29, 1.82) is 0 Å². The van der Waals surface area contributed by atoms with E-state index in [0.29, 0.717) is 25.8 Å². The molecular formula is C11H22F3NO. The van der Waals surface area contributed by atoms with Crippen LogP contribution in [0.15, 0.2) is 0 Å². The fourth-order valence-corrected chi connectivity index (χ4v) is 1.48. The molecule has 1 atom stereocenters. The van der Waals surface area contributed by atoms with Crippen LogP contribution in [0.2, 0.25) is 0 Å². The van der Waals surface area contributed by atoms with Gasteiger partial charge in [0.25, 0.3) is 0 Å². The largest absolute Gasteiger partial charge is 0.401 e. The van der Waals surface area contributed by atoms with Crippen molar-refractivity contribution in [1.82, 2.24) is 4.90 Å². The summed E-state index contributed by atoms with van der Waals surface area (Å²) in [6.07, 6.45) is -2.71. The molecule has 1 unspecified atom stereocenters. The van der Waals surface area contributed by atoms with E-state index in [9.17, 15) is 18.3 Å². The van der Waals surface area contributed by atoms with Crippen molar-refractivity contribution in [2.24, 2.45) is 0 Å². The second-order valence-corrected chi connectivity index (χ2v) is 4.38. The minimum absolute atomic E-state index is 0.125. The zero-order valence-corrected chi connectivity index (χ0v) is 10.2. The molecule has 0 heterocycles. The molecule has 0 aliphatic rings. The number of halogens is 3. The Balaban J connectivity index is 3.96. The lowest BCUT2D eigenvalue weighted by Gasteiger charge is -2.27. The van der Waals surface area contributed by atoms with E-state index in [2.05, 4.69) is 0 Å². The van der Waals surface area contributed by atoms with Crippen LogP contribution in [0.25, 0.3) is 0 Å². The number of rotatable bonds is 7. The number of hydrogen-bond acceptors (Lipinski definition) is 2. The van der Waals surface area contributed by atoms with Crippen LogP contribution in [-0.2, 0) is 0 Å². The van der Waals surface area contributed by atoms with Gasteiger partial charge >= 0.3 is 6.18 Å². The number of hydrogen-bond donors (Lipinski definition) is 1.